The Bertz CT molecular complexity index is 552. The van der Waals surface area contributed by atoms with Crippen molar-refractivity contribution in [3.05, 3.63) is 28.8 Å². The van der Waals surface area contributed by atoms with Crippen LogP contribution in [-0.4, -0.2) is 27.8 Å². The minimum Gasteiger partial charge on any atom is -0.384 e. The first kappa shape index (κ1) is 14.8. The zero-order valence-corrected chi connectivity index (χ0v) is 11.5. The third-order valence-corrected chi connectivity index (χ3v) is 3.10. The van der Waals surface area contributed by atoms with Gasteiger partial charge in [0.2, 0.25) is 10.0 Å². The van der Waals surface area contributed by atoms with E-state index in [1.165, 1.54) is 0 Å². The second-order valence-corrected chi connectivity index (χ2v) is 6.02. The van der Waals surface area contributed by atoms with E-state index in [9.17, 15) is 8.42 Å². The highest BCUT2D eigenvalue weighted by molar-refractivity contribution is 7.88. The number of halogens is 1. The Morgan fingerprint density at radius 1 is 1.39 bits per heavy atom. The van der Waals surface area contributed by atoms with Crippen molar-refractivity contribution in [1.82, 2.24) is 4.72 Å². The normalized spacial score (nSPS) is 10.9. The summed E-state index contributed by atoms with van der Waals surface area (Å²) in [6.45, 7) is 0.931. The van der Waals surface area contributed by atoms with E-state index in [1.807, 2.05) is 6.07 Å². The first-order chi connectivity index (χ1) is 8.42. The summed E-state index contributed by atoms with van der Waals surface area (Å²) in [4.78, 5) is 0. The van der Waals surface area contributed by atoms with Gasteiger partial charge < -0.3 is 5.32 Å². The number of nitrogens with one attached hydrogen (secondary N) is 2. The Balaban J connectivity index is 2.43. The van der Waals surface area contributed by atoms with Crippen molar-refractivity contribution in [3.8, 4) is 6.07 Å². The first-order valence-corrected chi connectivity index (χ1v) is 7.57. The molecule has 0 saturated heterocycles. The lowest BCUT2D eigenvalue weighted by Crippen LogP contribution is -2.24. The molecule has 5 nitrogen and oxygen atoms in total. The molecule has 0 heterocycles. The van der Waals surface area contributed by atoms with Crippen molar-refractivity contribution >= 4 is 27.3 Å². The molecule has 98 valence electrons. The summed E-state index contributed by atoms with van der Waals surface area (Å²) in [5.41, 5.74) is 1.17. The highest BCUT2D eigenvalue weighted by atomic mass is 35.5. The molecule has 0 unspecified atom stereocenters. The van der Waals surface area contributed by atoms with Crippen LogP contribution in [-0.2, 0) is 10.0 Å². The van der Waals surface area contributed by atoms with Crippen LogP contribution >= 0.6 is 11.6 Å². The molecule has 0 amide bonds. The maximum atomic E-state index is 10.8. The molecule has 0 saturated carbocycles. The summed E-state index contributed by atoms with van der Waals surface area (Å²) in [5.74, 6) is 0. The van der Waals surface area contributed by atoms with Gasteiger partial charge in [-0.05, 0) is 24.6 Å². The number of rotatable bonds is 6. The highest BCUT2D eigenvalue weighted by Gasteiger charge is 2.02. The molecule has 1 aromatic rings. The fourth-order valence-electron chi connectivity index (χ4n) is 1.33. The SMILES string of the molecule is CS(=O)(=O)NCCCNc1ccc(Cl)cc1C#N. The Labute approximate surface area is 112 Å². The summed E-state index contributed by atoms with van der Waals surface area (Å²) >= 11 is 5.77. The average Bonchev–Trinajstić information content (AvgIpc) is 2.28. The third kappa shape index (κ3) is 5.36. The molecule has 7 heteroatoms. The van der Waals surface area contributed by atoms with Gasteiger partial charge in [-0.25, -0.2) is 13.1 Å². The van der Waals surface area contributed by atoms with Gasteiger partial charge in [-0.1, -0.05) is 11.6 Å². The lowest BCUT2D eigenvalue weighted by atomic mass is 10.2. The number of benzene rings is 1. The molecule has 0 radical (unpaired) electrons. The van der Waals surface area contributed by atoms with Gasteiger partial charge in [0.1, 0.15) is 6.07 Å². The van der Waals surface area contributed by atoms with Gasteiger partial charge in [-0.3, -0.25) is 0 Å². The van der Waals surface area contributed by atoms with E-state index in [-0.39, 0.29) is 0 Å². The van der Waals surface area contributed by atoms with E-state index >= 15 is 0 Å². The molecule has 1 rings (SSSR count). The van der Waals surface area contributed by atoms with Crippen LogP contribution < -0.4 is 10.0 Å². The van der Waals surface area contributed by atoms with Gasteiger partial charge >= 0.3 is 0 Å². The summed E-state index contributed by atoms with van der Waals surface area (Å²) in [6.07, 6.45) is 1.74. The van der Waals surface area contributed by atoms with Crippen LogP contribution in [0.1, 0.15) is 12.0 Å². The van der Waals surface area contributed by atoms with Crippen LogP contribution in [0.3, 0.4) is 0 Å². The quantitative estimate of drug-likeness (QED) is 0.778. The smallest absolute Gasteiger partial charge is 0.208 e. The molecule has 0 aromatic heterocycles. The van der Waals surface area contributed by atoms with E-state index in [1.54, 1.807) is 18.2 Å². The fourth-order valence-corrected chi connectivity index (χ4v) is 2.02. The molecular weight excluding hydrogens is 274 g/mol. The average molecular weight is 288 g/mol. The zero-order chi connectivity index (χ0) is 13.6. The molecule has 0 spiro atoms. The predicted octanol–water partition coefficient (Wildman–Crippen LogP) is 1.56. The summed E-state index contributed by atoms with van der Waals surface area (Å²) in [7, 11) is -3.14. The third-order valence-electron chi connectivity index (χ3n) is 2.14. The predicted molar refractivity (Wildman–Crippen MR) is 72.1 cm³/mol. The van der Waals surface area contributed by atoms with Crippen LogP contribution in [0.5, 0.6) is 0 Å². The van der Waals surface area contributed by atoms with Crippen LogP contribution in [0.2, 0.25) is 5.02 Å². The van der Waals surface area contributed by atoms with Gasteiger partial charge in [0.15, 0.2) is 0 Å². The summed E-state index contributed by atoms with van der Waals surface area (Å²) in [5, 5.41) is 12.5. The minimum atomic E-state index is -3.14. The van der Waals surface area contributed by atoms with Gasteiger partial charge in [0, 0.05) is 18.1 Å². The van der Waals surface area contributed by atoms with Crippen LogP contribution in [0.15, 0.2) is 18.2 Å². The largest absolute Gasteiger partial charge is 0.384 e. The number of nitriles is 1. The minimum absolute atomic E-state index is 0.362. The van der Waals surface area contributed by atoms with Gasteiger partial charge in [-0.2, -0.15) is 5.26 Å². The van der Waals surface area contributed by atoms with Crippen molar-refractivity contribution in [2.45, 2.75) is 6.42 Å². The van der Waals surface area contributed by atoms with Gasteiger partial charge in [0.05, 0.1) is 17.5 Å². The van der Waals surface area contributed by atoms with Crippen LogP contribution in [0, 0.1) is 11.3 Å². The van der Waals surface area contributed by atoms with Crippen molar-refractivity contribution in [2.24, 2.45) is 0 Å². The summed E-state index contributed by atoms with van der Waals surface area (Å²) in [6, 6.07) is 7.05. The van der Waals surface area contributed by atoms with Gasteiger partial charge in [-0.15, -0.1) is 0 Å². The molecule has 0 bridgehead atoms. The van der Waals surface area contributed by atoms with Crippen molar-refractivity contribution in [3.63, 3.8) is 0 Å². The molecular formula is C11H14ClN3O2S. The van der Waals surface area contributed by atoms with Crippen LogP contribution in [0.25, 0.3) is 0 Å². The molecule has 0 fully saturated rings. The Morgan fingerprint density at radius 3 is 2.72 bits per heavy atom. The topological polar surface area (TPSA) is 82.0 Å². The van der Waals surface area contributed by atoms with E-state index in [0.717, 1.165) is 6.26 Å². The van der Waals surface area contributed by atoms with E-state index < -0.39 is 10.0 Å². The number of sulfonamides is 1. The van der Waals surface area contributed by atoms with Gasteiger partial charge in [0.25, 0.3) is 0 Å². The second kappa shape index (κ2) is 6.59. The lowest BCUT2D eigenvalue weighted by Gasteiger charge is -2.08. The summed E-state index contributed by atoms with van der Waals surface area (Å²) < 4.78 is 24.0. The number of hydrogen-bond acceptors (Lipinski definition) is 4. The fraction of sp³-hybridized carbons (Fsp3) is 0.364. The maximum absolute atomic E-state index is 10.8. The second-order valence-electron chi connectivity index (χ2n) is 3.75. The molecule has 0 aliphatic carbocycles. The van der Waals surface area contributed by atoms with E-state index in [0.29, 0.717) is 35.8 Å². The Hall–Kier alpha value is -1.29. The molecule has 0 aliphatic heterocycles. The molecule has 0 aliphatic rings. The molecule has 1 aromatic carbocycles. The maximum Gasteiger partial charge on any atom is 0.208 e. The number of hydrogen-bond donors (Lipinski definition) is 2. The molecule has 2 N–H and O–H groups in total. The van der Waals surface area contributed by atoms with E-state index in [2.05, 4.69) is 10.0 Å². The highest BCUT2D eigenvalue weighted by Crippen LogP contribution is 2.19. The monoisotopic (exact) mass is 287 g/mol. The first-order valence-electron chi connectivity index (χ1n) is 5.30. The molecule has 18 heavy (non-hydrogen) atoms. The van der Waals surface area contributed by atoms with Crippen molar-refractivity contribution in [2.75, 3.05) is 24.7 Å². The number of anilines is 1. The Kier molecular flexibility index (Phi) is 5.41. The van der Waals surface area contributed by atoms with Crippen molar-refractivity contribution < 1.29 is 8.42 Å². The van der Waals surface area contributed by atoms with Crippen molar-refractivity contribution in [1.29, 1.82) is 5.26 Å². The number of nitrogens with zero attached hydrogens (tertiary/aromatic N) is 1. The van der Waals surface area contributed by atoms with Crippen LogP contribution in [0.4, 0.5) is 5.69 Å². The standard InChI is InChI=1S/C11H14ClN3O2S/c1-18(16,17)15-6-2-5-14-11-4-3-10(12)7-9(11)8-13/h3-4,7,14-15H,2,5-6H2,1H3. The Morgan fingerprint density at radius 2 is 2.11 bits per heavy atom. The molecule has 0 atom stereocenters. The van der Waals surface area contributed by atoms with E-state index in [4.69, 9.17) is 16.9 Å². The zero-order valence-electron chi connectivity index (χ0n) is 9.90. The lowest BCUT2D eigenvalue weighted by molar-refractivity contribution is 0.586.